The van der Waals surface area contributed by atoms with E-state index in [0.29, 0.717) is 30.6 Å². The summed E-state index contributed by atoms with van der Waals surface area (Å²) in [5.74, 6) is 0.316. The van der Waals surface area contributed by atoms with Crippen molar-refractivity contribution in [2.45, 2.75) is 99.1 Å². The number of ether oxygens (including phenoxy) is 2. The number of hydrogen-bond donors (Lipinski definition) is 2. The largest absolute Gasteiger partial charge is 0.493 e. The highest BCUT2D eigenvalue weighted by atomic mass is 16.6. The molecule has 2 atom stereocenters. The number of carbonyl (C=O) groups excluding carboxylic acids is 3. The van der Waals surface area contributed by atoms with Gasteiger partial charge in [-0.1, -0.05) is 84.0 Å². The highest BCUT2D eigenvalue weighted by molar-refractivity contribution is 5.89. The first-order valence-electron chi connectivity index (χ1n) is 15.6. The smallest absolute Gasteiger partial charge is 0.334 e. The van der Waals surface area contributed by atoms with Crippen LogP contribution >= 0.6 is 0 Å². The van der Waals surface area contributed by atoms with Crippen molar-refractivity contribution >= 4 is 17.8 Å². The topological polar surface area (TPSA) is 93.7 Å². The number of rotatable bonds is 17. The summed E-state index contributed by atoms with van der Waals surface area (Å²) in [4.78, 5) is 38.6. The van der Waals surface area contributed by atoms with Gasteiger partial charge in [0.1, 0.15) is 6.04 Å². The van der Waals surface area contributed by atoms with Crippen LogP contribution in [0.5, 0.6) is 11.5 Å². The normalized spacial score (nSPS) is 12.9. The summed E-state index contributed by atoms with van der Waals surface area (Å²) in [6, 6.07) is 12.4. The number of methoxy groups -OCH3 is 1. The second-order valence-electron chi connectivity index (χ2n) is 12.4. The molecule has 0 saturated carbocycles. The zero-order valence-electron chi connectivity index (χ0n) is 27.4. The predicted molar refractivity (Wildman–Crippen MR) is 173 cm³/mol. The molecule has 0 heterocycles. The van der Waals surface area contributed by atoms with E-state index < -0.39 is 17.9 Å². The molecule has 0 aromatic heterocycles. The minimum absolute atomic E-state index is 0.00134. The third-order valence-electron chi connectivity index (χ3n) is 7.21. The molecule has 0 bridgehead atoms. The molecule has 7 heteroatoms. The third-order valence-corrected chi connectivity index (χ3v) is 7.21. The van der Waals surface area contributed by atoms with Gasteiger partial charge in [0.25, 0.3) is 0 Å². The average molecular weight is 593 g/mol. The molecule has 0 radical (unpaired) electrons. The molecule has 2 aromatic rings. The van der Waals surface area contributed by atoms with Gasteiger partial charge >= 0.3 is 5.97 Å². The zero-order chi connectivity index (χ0) is 31.9. The van der Waals surface area contributed by atoms with Crippen LogP contribution in [0.2, 0.25) is 0 Å². The summed E-state index contributed by atoms with van der Waals surface area (Å²) in [7, 11) is 1.50. The van der Waals surface area contributed by atoms with Crippen molar-refractivity contribution < 1.29 is 23.9 Å². The van der Waals surface area contributed by atoms with Crippen LogP contribution in [0.15, 0.2) is 54.6 Å². The second kappa shape index (κ2) is 18.1. The molecular weight excluding hydrogens is 540 g/mol. The number of carbonyl (C=O) groups is 3. The van der Waals surface area contributed by atoms with E-state index in [1.807, 2.05) is 32.9 Å². The number of amides is 2. The number of esters is 1. The van der Waals surface area contributed by atoms with E-state index in [4.69, 9.17) is 9.47 Å². The van der Waals surface area contributed by atoms with E-state index in [0.717, 1.165) is 36.8 Å². The lowest BCUT2D eigenvalue weighted by Gasteiger charge is -2.23. The lowest BCUT2D eigenvalue weighted by molar-refractivity contribution is -0.141. The van der Waals surface area contributed by atoms with Crippen LogP contribution in [0.25, 0.3) is 0 Å². The van der Waals surface area contributed by atoms with Gasteiger partial charge in [-0.3, -0.25) is 9.59 Å². The molecule has 2 rings (SSSR count). The Hall–Kier alpha value is -3.61. The highest BCUT2D eigenvalue weighted by Gasteiger charge is 2.29. The van der Waals surface area contributed by atoms with Gasteiger partial charge in [-0.05, 0) is 79.2 Å². The SMILES string of the molecule is COc1cc(CNC(=O)CCCCC=CC(C)C)ccc1OC(=O)C(NC(=O)C(C)c1ccc(CC(C)C)cc1)C(C)C. The van der Waals surface area contributed by atoms with Crippen LogP contribution < -0.4 is 20.1 Å². The van der Waals surface area contributed by atoms with Crippen molar-refractivity contribution in [2.75, 3.05) is 7.11 Å². The standard InChI is InChI=1S/C36H52N2O5/c1-24(2)13-11-9-10-12-14-33(39)37-23-29-17-20-31(32(22-29)42-8)43-36(41)34(26(5)6)38-35(40)27(7)30-18-15-28(16-19-30)21-25(3)4/h11,13,15-20,22,24-27,34H,9-10,12,14,21,23H2,1-8H3,(H,37,39)(H,38,40). The fraction of sp³-hybridized carbons (Fsp3) is 0.528. The van der Waals surface area contributed by atoms with E-state index in [1.165, 1.54) is 12.7 Å². The van der Waals surface area contributed by atoms with Crippen molar-refractivity contribution in [1.29, 1.82) is 0 Å². The maximum atomic E-state index is 13.2. The average Bonchev–Trinajstić information content (AvgIpc) is 2.96. The van der Waals surface area contributed by atoms with Gasteiger partial charge in [0.05, 0.1) is 13.0 Å². The van der Waals surface area contributed by atoms with Gasteiger partial charge in [0, 0.05) is 13.0 Å². The highest BCUT2D eigenvalue weighted by Crippen LogP contribution is 2.29. The summed E-state index contributed by atoms with van der Waals surface area (Å²) in [5, 5.41) is 5.83. The second-order valence-corrected chi connectivity index (χ2v) is 12.4. The monoisotopic (exact) mass is 592 g/mol. The molecule has 0 fully saturated rings. The fourth-order valence-corrected chi connectivity index (χ4v) is 4.62. The number of benzene rings is 2. The van der Waals surface area contributed by atoms with E-state index >= 15 is 0 Å². The van der Waals surface area contributed by atoms with E-state index in [-0.39, 0.29) is 23.5 Å². The van der Waals surface area contributed by atoms with Gasteiger partial charge in [-0.25, -0.2) is 4.79 Å². The summed E-state index contributed by atoms with van der Waals surface area (Å²) in [6.07, 6.45) is 8.62. The molecule has 0 saturated heterocycles. The third kappa shape index (κ3) is 12.7. The maximum absolute atomic E-state index is 13.2. The minimum Gasteiger partial charge on any atom is -0.493 e. The molecular formula is C36H52N2O5. The lowest BCUT2D eigenvalue weighted by atomic mass is 9.95. The zero-order valence-corrected chi connectivity index (χ0v) is 27.4. The van der Waals surface area contributed by atoms with Gasteiger partial charge in [0.2, 0.25) is 11.8 Å². The first kappa shape index (κ1) is 35.6. The Labute approximate surface area is 258 Å². The molecule has 7 nitrogen and oxygen atoms in total. The first-order valence-corrected chi connectivity index (χ1v) is 15.6. The van der Waals surface area contributed by atoms with Crippen molar-refractivity contribution in [3.63, 3.8) is 0 Å². The van der Waals surface area contributed by atoms with Gasteiger partial charge in [-0.15, -0.1) is 0 Å². The van der Waals surface area contributed by atoms with E-state index in [9.17, 15) is 14.4 Å². The maximum Gasteiger partial charge on any atom is 0.334 e. The minimum atomic E-state index is -0.834. The Kier molecular flexibility index (Phi) is 15.0. The van der Waals surface area contributed by atoms with Crippen molar-refractivity contribution in [3.8, 4) is 11.5 Å². The molecule has 0 aliphatic heterocycles. The molecule has 0 spiro atoms. The summed E-state index contributed by atoms with van der Waals surface area (Å²) in [5.41, 5.74) is 2.95. The Morgan fingerprint density at radius 3 is 2.14 bits per heavy atom. The summed E-state index contributed by atoms with van der Waals surface area (Å²) in [6.45, 7) is 14.6. The molecule has 236 valence electrons. The van der Waals surface area contributed by atoms with Crippen molar-refractivity contribution in [2.24, 2.45) is 17.8 Å². The van der Waals surface area contributed by atoms with Crippen molar-refractivity contribution in [1.82, 2.24) is 10.6 Å². The van der Waals surface area contributed by atoms with Gasteiger partial charge in [-0.2, -0.15) is 0 Å². The Morgan fingerprint density at radius 2 is 1.53 bits per heavy atom. The van der Waals surface area contributed by atoms with Crippen molar-refractivity contribution in [3.05, 3.63) is 71.3 Å². The molecule has 0 aliphatic carbocycles. The number of nitrogens with one attached hydrogen (secondary N) is 2. The molecule has 43 heavy (non-hydrogen) atoms. The first-order chi connectivity index (χ1) is 20.4. The van der Waals surface area contributed by atoms with Crippen LogP contribution in [0.3, 0.4) is 0 Å². The Bertz CT molecular complexity index is 1200. The lowest BCUT2D eigenvalue weighted by Crippen LogP contribution is -2.47. The Morgan fingerprint density at radius 1 is 0.860 bits per heavy atom. The molecule has 2 aromatic carbocycles. The van der Waals surface area contributed by atoms with Crippen LogP contribution in [0, 0.1) is 17.8 Å². The van der Waals surface area contributed by atoms with E-state index in [1.54, 1.807) is 18.2 Å². The Balaban J connectivity index is 1.95. The molecule has 2 amide bonds. The van der Waals surface area contributed by atoms with E-state index in [2.05, 4.69) is 62.6 Å². The van der Waals surface area contributed by atoms with Gasteiger partial charge < -0.3 is 20.1 Å². The van der Waals surface area contributed by atoms with Crippen LogP contribution in [-0.2, 0) is 27.3 Å². The summed E-state index contributed by atoms with van der Waals surface area (Å²) >= 11 is 0. The fourth-order valence-electron chi connectivity index (χ4n) is 4.62. The quantitative estimate of drug-likeness (QED) is 0.0882. The number of unbranched alkanes of at least 4 members (excludes halogenated alkanes) is 2. The molecule has 2 N–H and O–H groups in total. The molecule has 0 aliphatic rings. The predicted octanol–water partition coefficient (Wildman–Crippen LogP) is 7.13. The van der Waals surface area contributed by atoms with Crippen LogP contribution in [-0.4, -0.2) is 30.9 Å². The summed E-state index contributed by atoms with van der Waals surface area (Å²) < 4.78 is 11.2. The van der Waals surface area contributed by atoms with Crippen LogP contribution in [0.1, 0.15) is 96.8 Å². The number of hydrogen-bond acceptors (Lipinski definition) is 5. The van der Waals surface area contributed by atoms with Crippen LogP contribution in [0.4, 0.5) is 0 Å². The number of allylic oxidation sites excluding steroid dienone is 2. The molecule has 2 unspecified atom stereocenters. The van der Waals surface area contributed by atoms with Gasteiger partial charge in [0.15, 0.2) is 11.5 Å².